The third-order valence-electron chi connectivity index (χ3n) is 7.19. The van der Waals surface area contributed by atoms with Crippen molar-refractivity contribution in [1.82, 2.24) is 10.3 Å². The molecule has 5 rings (SSSR count). The van der Waals surface area contributed by atoms with Crippen molar-refractivity contribution in [3.8, 4) is 0 Å². The van der Waals surface area contributed by atoms with Gasteiger partial charge >= 0.3 is 5.97 Å². The quantitative estimate of drug-likeness (QED) is 0.396. The molecular formula is C28H34N3O3S+. The van der Waals surface area contributed by atoms with Crippen LogP contribution < -0.4 is 5.32 Å². The van der Waals surface area contributed by atoms with Crippen LogP contribution in [0.25, 0.3) is 10.2 Å². The Labute approximate surface area is 210 Å². The predicted octanol–water partition coefficient (Wildman–Crippen LogP) is 4.21. The number of hydrogen-bond acceptors (Lipinski definition) is 5. The zero-order valence-electron chi connectivity index (χ0n) is 21.0. The van der Waals surface area contributed by atoms with Gasteiger partial charge < -0.3 is 14.5 Å². The van der Waals surface area contributed by atoms with Gasteiger partial charge in [-0.2, -0.15) is 0 Å². The first kappa shape index (κ1) is 23.9. The number of rotatable bonds is 7. The molecule has 1 heterocycles. The average Bonchev–Trinajstić information content (AvgIpc) is 3.33. The molecule has 1 aromatic heterocycles. The van der Waals surface area contributed by atoms with Gasteiger partial charge in [0.1, 0.15) is 5.01 Å². The van der Waals surface area contributed by atoms with Crippen molar-refractivity contribution in [2.75, 3.05) is 27.7 Å². The van der Waals surface area contributed by atoms with E-state index in [0.29, 0.717) is 25.3 Å². The molecule has 1 fully saturated rings. The number of carbonyl (C=O) groups is 2. The van der Waals surface area contributed by atoms with Crippen molar-refractivity contribution in [2.24, 2.45) is 5.92 Å². The summed E-state index contributed by atoms with van der Waals surface area (Å²) in [5.41, 5.74) is 3.28. The van der Waals surface area contributed by atoms with Gasteiger partial charge in [0.05, 0.1) is 44.4 Å². The third-order valence-corrected chi connectivity index (χ3v) is 8.21. The molecule has 0 bridgehead atoms. The number of amides is 1. The first-order chi connectivity index (χ1) is 16.6. The molecule has 2 aliphatic carbocycles. The number of esters is 1. The average molecular weight is 493 g/mol. The van der Waals surface area contributed by atoms with Crippen molar-refractivity contribution >= 4 is 33.4 Å². The lowest BCUT2D eigenvalue weighted by molar-refractivity contribution is -0.874. The first-order valence-electron chi connectivity index (χ1n) is 12.3. The number of nitrogens with one attached hydrogen (secondary N) is 1. The zero-order valence-corrected chi connectivity index (χ0v) is 21.8. The smallest absolute Gasteiger partial charge is 0.303 e. The van der Waals surface area contributed by atoms with Gasteiger partial charge in [-0.1, -0.05) is 30.3 Å². The van der Waals surface area contributed by atoms with Crippen LogP contribution >= 0.6 is 11.3 Å². The number of benzene rings is 2. The minimum absolute atomic E-state index is 0.262. The highest BCUT2D eigenvalue weighted by Gasteiger charge is 2.47. The molecule has 35 heavy (non-hydrogen) atoms. The Balaban J connectivity index is 1.24. The molecule has 2 aromatic carbocycles. The molecule has 1 saturated carbocycles. The highest BCUT2D eigenvalue weighted by Crippen LogP contribution is 2.43. The minimum atomic E-state index is -1.19. The molecule has 184 valence electrons. The summed E-state index contributed by atoms with van der Waals surface area (Å²) in [5.74, 6) is 0.727. The van der Waals surface area contributed by atoms with Gasteiger partial charge in [-0.15, -0.1) is 11.3 Å². The Morgan fingerprint density at radius 1 is 1.11 bits per heavy atom. The third kappa shape index (κ3) is 5.11. The van der Waals surface area contributed by atoms with Crippen molar-refractivity contribution in [3.63, 3.8) is 0 Å². The van der Waals surface area contributed by atoms with E-state index in [0.717, 1.165) is 36.8 Å². The summed E-state index contributed by atoms with van der Waals surface area (Å²) in [5, 5.41) is 3.86. The van der Waals surface area contributed by atoms with E-state index >= 15 is 0 Å². The van der Waals surface area contributed by atoms with E-state index in [9.17, 15) is 9.59 Å². The van der Waals surface area contributed by atoms with E-state index in [2.05, 4.69) is 44.7 Å². The normalized spacial score (nSPS) is 20.8. The fourth-order valence-corrected chi connectivity index (χ4v) is 6.66. The Morgan fingerprint density at radius 3 is 2.43 bits per heavy atom. The second-order valence-corrected chi connectivity index (χ2v) is 12.4. The molecule has 0 saturated heterocycles. The Morgan fingerprint density at radius 2 is 1.80 bits per heavy atom. The van der Waals surface area contributed by atoms with Crippen molar-refractivity contribution in [1.29, 1.82) is 0 Å². The number of aromatic nitrogens is 1. The van der Waals surface area contributed by atoms with Gasteiger partial charge in [0.25, 0.3) is 5.91 Å². The van der Waals surface area contributed by atoms with E-state index in [-0.39, 0.29) is 5.91 Å². The molecule has 1 amide bonds. The topological polar surface area (TPSA) is 68.3 Å². The van der Waals surface area contributed by atoms with Crippen molar-refractivity contribution in [3.05, 3.63) is 64.2 Å². The van der Waals surface area contributed by atoms with Crippen molar-refractivity contribution < 1.29 is 18.8 Å². The lowest BCUT2D eigenvalue weighted by Crippen LogP contribution is -2.50. The molecule has 6 nitrogen and oxygen atoms in total. The maximum Gasteiger partial charge on any atom is 0.303 e. The maximum absolute atomic E-state index is 13.3. The van der Waals surface area contributed by atoms with Crippen LogP contribution in [0.3, 0.4) is 0 Å². The van der Waals surface area contributed by atoms with Crippen LogP contribution in [0.4, 0.5) is 0 Å². The number of quaternary nitrogens is 1. The largest absolute Gasteiger partial charge is 0.448 e. The fourth-order valence-electron chi connectivity index (χ4n) is 5.70. The highest BCUT2D eigenvalue weighted by molar-refractivity contribution is 7.18. The lowest BCUT2D eigenvalue weighted by Gasteiger charge is -2.39. The lowest BCUT2D eigenvalue weighted by atomic mass is 9.71. The van der Waals surface area contributed by atoms with Crippen LogP contribution in [0.1, 0.15) is 47.4 Å². The zero-order chi connectivity index (χ0) is 24.8. The molecule has 0 atom stereocenters. The summed E-state index contributed by atoms with van der Waals surface area (Å²) in [6.07, 6.45) is 3.30. The van der Waals surface area contributed by atoms with Crippen LogP contribution in [0.2, 0.25) is 0 Å². The maximum atomic E-state index is 13.3. The van der Waals surface area contributed by atoms with Gasteiger partial charge in [-0.3, -0.25) is 9.59 Å². The molecule has 0 aliphatic heterocycles. The van der Waals surface area contributed by atoms with Gasteiger partial charge in [0, 0.05) is 25.7 Å². The highest BCUT2D eigenvalue weighted by atomic mass is 32.1. The SMILES string of the molecule is CC(=O)OC1(C(=O)NCc2nc3ccc([C@H]4C[C@H](C[N+](C)(C)C)C4)cc3s2)Cc2ccccc2C1. The summed E-state index contributed by atoms with van der Waals surface area (Å²) in [6.45, 7) is 2.90. The molecule has 1 N–H and O–H groups in total. The molecule has 2 aliphatic rings. The summed E-state index contributed by atoms with van der Waals surface area (Å²) < 4.78 is 7.80. The van der Waals surface area contributed by atoms with E-state index in [1.54, 1.807) is 11.3 Å². The van der Waals surface area contributed by atoms with Crippen LogP contribution in [-0.4, -0.2) is 54.6 Å². The summed E-state index contributed by atoms with van der Waals surface area (Å²) in [7, 11) is 6.78. The Kier molecular flexibility index (Phi) is 6.18. The molecule has 7 heteroatoms. The van der Waals surface area contributed by atoms with E-state index in [1.165, 1.54) is 31.9 Å². The predicted molar refractivity (Wildman–Crippen MR) is 138 cm³/mol. The molecule has 0 spiro atoms. The molecule has 0 unspecified atom stereocenters. The van der Waals surface area contributed by atoms with Gasteiger partial charge in [-0.25, -0.2) is 4.98 Å². The first-order valence-corrected chi connectivity index (χ1v) is 13.2. The Bertz CT molecular complexity index is 1240. The standard InChI is InChI=1S/C28H33N3O3S/c1-18(32)34-28(14-21-7-5-6-8-22(21)15-28)27(33)29-16-26-30-24-10-9-20(13-25(24)35-26)23-11-19(12-23)17-31(2,3)4/h5-10,13,19,23H,11-12,14-17H2,1-4H3/p+1/t19-,23-. The van der Waals surface area contributed by atoms with Gasteiger partial charge in [0.15, 0.2) is 5.60 Å². The second kappa shape index (κ2) is 9.03. The number of ether oxygens (including phenoxy) is 1. The van der Waals surface area contributed by atoms with E-state index in [4.69, 9.17) is 9.72 Å². The number of hydrogen-bond donors (Lipinski definition) is 1. The summed E-state index contributed by atoms with van der Waals surface area (Å²) >= 11 is 1.62. The minimum Gasteiger partial charge on any atom is -0.448 e. The van der Waals surface area contributed by atoms with Crippen LogP contribution in [-0.2, 0) is 33.7 Å². The van der Waals surface area contributed by atoms with Crippen molar-refractivity contribution in [2.45, 2.75) is 50.7 Å². The molecule has 0 radical (unpaired) electrons. The molecule has 3 aromatic rings. The number of fused-ring (bicyclic) bond motifs is 2. The molecular weight excluding hydrogens is 458 g/mol. The van der Waals surface area contributed by atoms with Crippen LogP contribution in [0.15, 0.2) is 42.5 Å². The van der Waals surface area contributed by atoms with Gasteiger partial charge in [0.2, 0.25) is 0 Å². The number of thiazole rings is 1. The summed E-state index contributed by atoms with van der Waals surface area (Å²) in [6, 6.07) is 14.5. The Hall–Kier alpha value is -2.77. The van der Waals surface area contributed by atoms with Gasteiger partial charge in [-0.05, 0) is 47.6 Å². The van der Waals surface area contributed by atoms with E-state index in [1.807, 2.05) is 24.3 Å². The van der Waals surface area contributed by atoms with E-state index < -0.39 is 11.6 Å². The number of carbonyl (C=O) groups excluding carboxylic acids is 2. The second-order valence-electron chi connectivity index (χ2n) is 11.2. The fraction of sp³-hybridized carbons (Fsp3) is 0.464. The van der Waals surface area contributed by atoms with Crippen LogP contribution in [0.5, 0.6) is 0 Å². The monoisotopic (exact) mass is 492 g/mol. The summed E-state index contributed by atoms with van der Waals surface area (Å²) in [4.78, 5) is 29.8. The number of nitrogens with zero attached hydrogens (tertiary/aromatic N) is 2. The van der Waals surface area contributed by atoms with Crippen LogP contribution in [0, 0.1) is 5.92 Å².